The van der Waals surface area contributed by atoms with Crippen molar-refractivity contribution in [3.8, 4) is 6.07 Å². The molecule has 3 N–H and O–H groups in total. The first-order valence-corrected chi connectivity index (χ1v) is 11.0. The van der Waals surface area contributed by atoms with Crippen LogP contribution >= 0.6 is 0 Å². The highest BCUT2D eigenvalue weighted by molar-refractivity contribution is 7.90. The molecule has 0 spiro atoms. The average molecular weight is 396 g/mol. The number of hydrogen-bond acceptors (Lipinski definition) is 4. The number of hydrogen-bond donors (Lipinski definition) is 2. The summed E-state index contributed by atoms with van der Waals surface area (Å²) in [4.78, 5) is 0. The Hall–Kier alpha value is -2.00. The summed E-state index contributed by atoms with van der Waals surface area (Å²) in [6, 6.07) is 17.6. The minimum Gasteiger partial charge on any atom is -0.598 e. The maximum atomic E-state index is 13.2. The second-order valence-corrected chi connectivity index (χ2v) is 10.7. The van der Waals surface area contributed by atoms with Gasteiger partial charge in [0.2, 0.25) is 0 Å². The summed E-state index contributed by atoms with van der Waals surface area (Å²) in [5, 5.41) is 9.43. The van der Waals surface area contributed by atoms with E-state index in [1.54, 1.807) is 6.07 Å². The fraction of sp³-hybridized carbons (Fsp3) is 0.435. The van der Waals surface area contributed by atoms with E-state index in [9.17, 15) is 9.81 Å². The Balaban J connectivity index is 2.15. The van der Waals surface area contributed by atoms with E-state index in [0.717, 1.165) is 29.9 Å². The van der Waals surface area contributed by atoms with Crippen molar-refractivity contribution in [3.05, 3.63) is 65.2 Å². The van der Waals surface area contributed by atoms with Crippen LogP contribution in [0.4, 0.5) is 5.69 Å². The van der Waals surface area contributed by atoms with Gasteiger partial charge in [-0.05, 0) is 74.9 Å². The van der Waals surface area contributed by atoms with Gasteiger partial charge in [-0.3, -0.25) is 0 Å². The van der Waals surface area contributed by atoms with Crippen LogP contribution in [0.1, 0.15) is 63.1 Å². The van der Waals surface area contributed by atoms with E-state index in [4.69, 9.17) is 5.73 Å². The van der Waals surface area contributed by atoms with Crippen molar-refractivity contribution in [1.29, 1.82) is 5.26 Å². The molecular formula is C23H29N3OS. The normalized spacial score (nSPS) is 17.5. The predicted molar refractivity (Wildman–Crippen MR) is 116 cm³/mol. The molecule has 1 aliphatic carbocycles. The van der Waals surface area contributed by atoms with Gasteiger partial charge in [-0.25, -0.2) is 0 Å². The number of nitrogen functional groups attached to an aromatic ring is 1. The van der Waals surface area contributed by atoms with E-state index in [0.29, 0.717) is 11.3 Å². The summed E-state index contributed by atoms with van der Waals surface area (Å²) in [7, 11) is 0. The number of nitriles is 1. The standard InChI is InChI=1S/C23H29N3OS/c1-22(2,3)28(27)26-23(13-12-17-10-11-17,20-8-5-9-21(25)15-20)19-7-4-6-18(14-19)16-24/h4-9,14-15,17,26H,10-13,25H2,1-3H3/t23-,28?/m1/s1. The molecule has 1 fully saturated rings. The Bertz CT molecular complexity index is 867. The van der Waals surface area contributed by atoms with Gasteiger partial charge in [-0.15, -0.1) is 4.72 Å². The molecule has 1 unspecified atom stereocenters. The lowest BCUT2D eigenvalue weighted by Crippen LogP contribution is -2.52. The van der Waals surface area contributed by atoms with Gasteiger partial charge in [0.25, 0.3) is 0 Å². The molecular weight excluding hydrogens is 366 g/mol. The molecule has 5 heteroatoms. The number of rotatable bonds is 7. The molecule has 0 radical (unpaired) electrons. The fourth-order valence-corrected chi connectivity index (χ4v) is 4.38. The van der Waals surface area contributed by atoms with E-state index in [-0.39, 0.29) is 0 Å². The Morgan fingerprint density at radius 2 is 1.79 bits per heavy atom. The molecule has 1 saturated carbocycles. The zero-order valence-electron chi connectivity index (χ0n) is 16.9. The smallest absolute Gasteiger partial charge is 0.136 e. The molecule has 2 aromatic rings. The highest BCUT2D eigenvalue weighted by atomic mass is 32.2. The van der Waals surface area contributed by atoms with Crippen LogP contribution in [0.25, 0.3) is 0 Å². The van der Waals surface area contributed by atoms with Gasteiger partial charge in [-0.1, -0.05) is 37.1 Å². The van der Waals surface area contributed by atoms with Gasteiger partial charge in [0.1, 0.15) is 10.3 Å². The molecule has 0 saturated heterocycles. The Kier molecular flexibility index (Phi) is 6.04. The number of nitrogens with zero attached hydrogens (tertiary/aromatic N) is 1. The van der Waals surface area contributed by atoms with Gasteiger partial charge in [-0.2, -0.15) is 5.26 Å². The van der Waals surface area contributed by atoms with Gasteiger partial charge in [0.05, 0.1) is 11.6 Å². The maximum absolute atomic E-state index is 13.2. The van der Waals surface area contributed by atoms with Crippen LogP contribution in [-0.4, -0.2) is 9.30 Å². The molecule has 28 heavy (non-hydrogen) atoms. The van der Waals surface area contributed by atoms with Crippen LogP contribution in [-0.2, 0) is 16.9 Å². The lowest BCUT2D eigenvalue weighted by molar-refractivity contribution is 0.402. The van der Waals surface area contributed by atoms with E-state index < -0.39 is 21.6 Å². The Labute approximate surface area is 171 Å². The highest BCUT2D eigenvalue weighted by Crippen LogP contribution is 2.42. The molecule has 4 nitrogen and oxygen atoms in total. The van der Waals surface area contributed by atoms with Crippen LogP contribution in [0.2, 0.25) is 0 Å². The highest BCUT2D eigenvalue weighted by Gasteiger charge is 2.43. The first kappa shape index (κ1) is 20.7. The number of nitrogens with one attached hydrogen (secondary N) is 1. The zero-order chi connectivity index (χ0) is 20.4. The molecule has 148 valence electrons. The van der Waals surface area contributed by atoms with Crippen molar-refractivity contribution in [2.75, 3.05) is 5.73 Å². The quantitative estimate of drug-likeness (QED) is 0.529. The van der Waals surface area contributed by atoms with Crippen molar-refractivity contribution in [1.82, 2.24) is 4.72 Å². The third-order valence-corrected chi connectivity index (χ3v) is 6.96. The first-order valence-electron chi connectivity index (χ1n) is 9.81. The lowest BCUT2D eigenvalue weighted by atomic mass is 9.79. The van der Waals surface area contributed by atoms with Crippen LogP contribution in [0.5, 0.6) is 0 Å². The van der Waals surface area contributed by atoms with E-state index >= 15 is 0 Å². The van der Waals surface area contributed by atoms with Crippen LogP contribution in [0.3, 0.4) is 0 Å². The van der Waals surface area contributed by atoms with Gasteiger partial charge >= 0.3 is 0 Å². The van der Waals surface area contributed by atoms with Gasteiger partial charge < -0.3 is 10.3 Å². The molecule has 1 aliphatic rings. The predicted octanol–water partition coefficient (Wildman–Crippen LogP) is 4.63. The molecule has 3 rings (SSSR count). The summed E-state index contributed by atoms with van der Waals surface area (Å²) in [6.45, 7) is 5.90. The average Bonchev–Trinajstić information content (AvgIpc) is 3.48. The third kappa shape index (κ3) is 4.70. The van der Waals surface area contributed by atoms with Crippen molar-refractivity contribution < 1.29 is 4.55 Å². The molecule has 2 aromatic carbocycles. The summed E-state index contributed by atoms with van der Waals surface area (Å²) in [6.07, 6.45) is 4.36. The van der Waals surface area contributed by atoms with Crippen molar-refractivity contribution in [2.45, 2.75) is 56.7 Å². The minimum atomic E-state index is -1.29. The van der Waals surface area contributed by atoms with Crippen LogP contribution in [0.15, 0.2) is 48.5 Å². The topological polar surface area (TPSA) is 84.9 Å². The summed E-state index contributed by atoms with van der Waals surface area (Å²) in [5.74, 6) is 0.726. The van der Waals surface area contributed by atoms with E-state index in [1.807, 2.05) is 63.2 Å². The Morgan fingerprint density at radius 1 is 1.14 bits per heavy atom. The zero-order valence-corrected chi connectivity index (χ0v) is 17.7. The monoisotopic (exact) mass is 395 g/mol. The van der Waals surface area contributed by atoms with Gasteiger partial charge in [0, 0.05) is 17.0 Å². The van der Waals surface area contributed by atoms with Crippen LogP contribution < -0.4 is 10.5 Å². The second kappa shape index (κ2) is 8.16. The molecule has 0 aliphatic heterocycles. The molecule has 0 amide bonds. The Morgan fingerprint density at radius 3 is 2.36 bits per heavy atom. The summed E-state index contributed by atoms with van der Waals surface area (Å²) < 4.78 is 16.3. The molecule has 0 bridgehead atoms. The third-order valence-electron chi connectivity index (χ3n) is 5.31. The maximum Gasteiger partial charge on any atom is 0.136 e. The van der Waals surface area contributed by atoms with E-state index in [1.165, 1.54) is 12.8 Å². The minimum absolute atomic E-state index is 0.419. The summed E-state index contributed by atoms with van der Waals surface area (Å²) >= 11 is -1.29. The molecule has 2 atom stereocenters. The second-order valence-electron chi connectivity index (χ2n) is 8.69. The SMILES string of the molecule is CC(C)(C)[S+]([O-])N[C@@](CCC1CC1)(c1cccc(N)c1)c1cccc(C#N)c1. The van der Waals surface area contributed by atoms with Crippen molar-refractivity contribution >= 4 is 17.0 Å². The first-order chi connectivity index (χ1) is 13.2. The van der Waals surface area contributed by atoms with Crippen LogP contribution in [0, 0.1) is 17.2 Å². The van der Waals surface area contributed by atoms with Crippen molar-refractivity contribution in [3.63, 3.8) is 0 Å². The van der Waals surface area contributed by atoms with Crippen molar-refractivity contribution in [2.24, 2.45) is 5.92 Å². The van der Waals surface area contributed by atoms with E-state index in [2.05, 4.69) is 10.8 Å². The lowest BCUT2D eigenvalue weighted by Gasteiger charge is -2.39. The number of benzene rings is 2. The van der Waals surface area contributed by atoms with Gasteiger partial charge in [0.15, 0.2) is 0 Å². The molecule has 0 aromatic heterocycles. The summed E-state index contributed by atoms with van der Waals surface area (Å²) in [5.41, 5.74) is 8.67. The number of anilines is 1. The molecule has 0 heterocycles. The fourth-order valence-electron chi connectivity index (χ4n) is 3.42. The number of nitrogens with two attached hydrogens (primary N) is 1. The largest absolute Gasteiger partial charge is 0.598 e.